The number of benzene rings is 1. The second kappa shape index (κ2) is 14.1. The van der Waals surface area contributed by atoms with Crippen molar-refractivity contribution in [2.75, 3.05) is 44.8 Å². The molecule has 0 aliphatic carbocycles. The van der Waals surface area contributed by atoms with Crippen LogP contribution in [0.25, 0.3) is 0 Å². The quantitative estimate of drug-likeness (QED) is 0.386. The van der Waals surface area contributed by atoms with Crippen LogP contribution in [-0.2, 0) is 9.47 Å². The van der Waals surface area contributed by atoms with Gasteiger partial charge in [0.1, 0.15) is 11.9 Å². The van der Waals surface area contributed by atoms with Crippen LogP contribution >= 0.6 is 0 Å². The molecule has 1 rings (SSSR count). The molecule has 6 heteroatoms. The predicted octanol–water partition coefficient (Wildman–Crippen LogP) is 4.33. The summed E-state index contributed by atoms with van der Waals surface area (Å²) < 4.78 is 16.9. The lowest BCUT2D eigenvalue weighted by Crippen LogP contribution is -2.38. The van der Waals surface area contributed by atoms with Crippen molar-refractivity contribution in [2.24, 2.45) is 0 Å². The van der Waals surface area contributed by atoms with Gasteiger partial charge in [-0.25, -0.2) is 4.79 Å². The second-order valence-corrected chi connectivity index (χ2v) is 6.16. The summed E-state index contributed by atoms with van der Waals surface area (Å²) in [6.07, 6.45) is 2.82. The Morgan fingerprint density at radius 2 is 2.00 bits per heavy atom. The van der Waals surface area contributed by atoms with Gasteiger partial charge in [0.2, 0.25) is 0 Å². The van der Waals surface area contributed by atoms with E-state index >= 15 is 0 Å². The Balaban J connectivity index is 2.67. The van der Waals surface area contributed by atoms with Gasteiger partial charge in [-0.1, -0.05) is 45.4 Å². The molecule has 0 heterocycles. The minimum Gasteiger partial charge on any atom is -0.491 e. The Bertz CT molecular complexity index is 547. The number of carbonyl (C=O) groups is 1. The first kappa shape index (κ1) is 23.0. The molecule has 0 aliphatic rings. The van der Waals surface area contributed by atoms with Gasteiger partial charge in [-0.15, -0.1) is 6.58 Å². The van der Waals surface area contributed by atoms with Crippen molar-refractivity contribution in [3.05, 3.63) is 36.9 Å². The van der Waals surface area contributed by atoms with Crippen molar-refractivity contribution in [1.82, 2.24) is 4.90 Å². The van der Waals surface area contributed by atoms with Crippen LogP contribution in [0.3, 0.4) is 0 Å². The standard InChI is InChI=1S/C21H34N2O4/c1-5-9-15-26-20-13-11-10-12-19(20)22-21(24)27-18(17-25-14-6-2)16-23(7-3)8-4/h6,10-13,18H,2,5,7-9,14-17H2,1,3-4H3,(H,22,24). The molecule has 0 fully saturated rings. The lowest BCUT2D eigenvalue weighted by Gasteiger charge is -2.25. The first-order valence-electron chi connectivity index (χ1n) is 9.74. The molecule has 1 unspecified atom stereocenters. The van der Waals surface area contributed by atoms with Crippen LogP contribution in [0.1, 0.15) is 33.6 Å². The fourth-order valence-electron chi connectivity index (χ4n) is 2.49. The maximum absolute atomic E-state index is 12.4. The minimum absolute atomic E-state index is 0.324. The van der Waals surface area contributed by atoms with Crippen LogP contribution in [-0.4, -0.2) is 56.6 Å². The van der Waals surface area contributed by atoms with Gasteiger partial charge in [0, 0.05) is 6.54 Å². The highest BCUT2D eigenvalue weighted by atomic mass is 16.6. The summed E-state index contributed by atoms with van der Waals surface area (Å²) in [7, 11) is 0. The average Bonchev–Trinajstić information content (AvgIpc) is 2.67. The molecule has 1 aromatic carbocycles. The van der Waals surface area contributed by atoms with E-state index < -0.39 is 6.09 Å². The Hall–Kier alpha value is -2.05. The van der Waals surface area contributed by atoms with E-state index in [0.29, 0.717) is 37.8 Å². The molecule has 1 aromatic rings. The molecular weight excluding hydrogens is 344 g/mol. The third kappa shape index (κ3) is 9.45. The van der Waals surface area contributed by atoms with Crippen LogP contribution in [0.15, 0.2) is 36.9 Å². The number of unbranched alkanes of at least 4 members (excludes halogenated alkanes) is 1. The number of carbonyl (C=O) groups excluding carboxylic acids is 1. The molecule has 152 valence electrons. The van der Waals surface area contributed by atoms with Gasteiger partial charge in [0.15, 0.2) is 0 Å². The lowest BCUT2D eigenvalue weighted by atomic mass is 10.3. The first-order valence-corrected chi connectivity index (χ1v) is 9.74. The zero-order valence-electron chi connectivity index (χ0n) is 16.9. The van der Waals surface area contributed by atoms with Crippen molar-refractivity contribution in [3.63, 3.8) is 0 Å². The summed E-state index contributed by atoms with van der Waals surface area (Å²) >= 11 is 0. The van der Waals surface area contributed by atoms with Crippen LogP contribution in [0.4, 0.5) is 10.5 Å². The topological polar surface area (TPSA) is 60.0 Å². The number of para-hydroxylation sites is 2. The maximum atomic E-state index is 12.4. The fourth-order valence-corrected chi connectivity index (χ4v) is 2.49. The van der Waals surface area contributed by atoms with E-state index in [1.54, 1.807) is 12.1 Å². The highest BCUT2D eigenvalue weighted by molar-refractivity contribution is 5.86. The Kier molecular flexibility index (Phi) is 12.0. The molecule has 1 amide bonds. The Morgan fingerprint density at radius 3 is 2.67 bits per heavy atom. The van der Waals surface area contributed by atoms with Crippen molar-refractivity contribution in [2.45, 2.75) is 39.7 Å². The number of nitrogens with one attached hydrogen (secondary N) is 1. The third-order valence-electron chi connectivity index (χ3n) is 4.05. The molecule has 0 saturated carbocycles. The zero-order valence-corrected chi connectivity index (χ0v) is 16.9. The highest BCUT2D eigenvalue weighted by Crippen LogP contribution is 2.24. The van der Waals surface area contributed by atoms with E-state index in [2.05, 4.69) is 37.6 Å². The summed E-state index contributed by atoms with van der Waals surface area (Å²) in [5.41, 5.74) is 0.604. The number of rotatable bonds is 14. The maximum Gasteiger partial charge on any atom is 0.412 e. The van der Waals surface area contributed by atoms with Crippen molar-refractivity contribution < 1.29 is 19.0 Å². The number of anilines is 1. The first-order chi connectivity index (χ1) is 13.1. The van der Waals surface area contributed by atoms with Crippen LogP contribution < -0.4 is 10.1 Å². The van der Waals surface area contributed by atoms with E-state index in [0.717, 1.165) is 25.9 Å². The van der Waals surface area contributed by atoms with Gasteiger partial charge in [-0.05, 0) is 31.6 Å². The van der Waals surface area contributed by atoms with Crippen molar-refractivity contribution in [3.8, 4) is 5.75 Å². The smallest absolute Gasteiger partial charge is 0.412 e. The number of hydrogen-bond donors (Lipinski definition) is 1. The number of amides is 1. The van der Waals surface area contributed by atoms with Crippen LogP contribution in [0.5, 0.6) is 5.75 Å². The average molecular weight is 379 g/mol. The third-order valence-corrected chi connectivity index (χ3v) is 4.05. The molecule has 27 heavy (non-hydrogen) atoms. The van der Waals surface area contributed by atoms with E-state index in [9.17, 15) is 4.79 Å². The lowest BCUT2D eigenvalue weighted by molar-refractivity contribution is 0.0168. The second-order valence-electron chi connectivity index (χ2n) is 6.16. The Labute approximate surface area is 163 Å². The van der Waals surface area contributed by atoms with E-state index in [-0.39, 0.29) is 6.10 Å². The Morgan fingerprint density at radius 1 is 1.26 bits per heavy atom. The summed E-state index contributed by atoms with van der Waals surface area (Å²) in [6, 6.07) is 7.37. The molecule has 1 N–H and O–H groups in total. The van der Waals surface area contributed by atoms with Gasteiger partial charge >= 0.3 is 6.09 Å². The normalized spacial score (nSPS) is 11.9. The monoisotopic (exact) mass is 378 g/mol. The molecule has 0 saturated heterocycles. The van der Waals surface area contributed by atoms with Gasteiger partial charge in [0.05, 0.1) is 25.5 Å². The fraction of sp³-hybridized carbons (Fsp3) is 0.571. The molecule has 0 spiro atoms. The molecule has 0 aromatic heterocycles. The van der Waals surface area contributed by atoms with Crippen LogP contribution in [0, 0.1) is 0 Å². The number of nitrogens with zero attached hydrogens (tertiary/aromatic N) is 1. The van der Waals surface area contributed by atoms with Gasteiger partial charge in [-0.3, -0.25) is 5.32 Å². The highest BCUT2D eigenvalue weighted by Gasteiger charge is 2.18. The largest absolute Gasteiger partial charge is 0.491 e. The molecular formula is C21H34N2O4. The molecule has 1 atom stereocenters. The molecule has 0 bridgehead atoms. The minimum atomic E-state index is -0.513. The molecule has 0 aliphatic heterocycles. The van der Waals surface area contributed by atoms with Crippen molar-refractivity contribution in [1.29, 1.82) is 0 Å². The summed E-state index contributed by atoms with van der Waals surface area (Å²) in [5.74, 6) is 0.645. The summed E-state index contributed by atoms with van der Waals surface area (Å²) in [5, 5.41) is 2.79. The summed E-state index contributed by atoms with van der Waals surface area (Å²) in [6.45, 7) is 13.6. The SMILES string of the molecule is C=CCOCC(CN(CC)CC)OC(=O)Nc1ccccc1OCCCC. The predicted molar refractivity (Wildman–Crippen MR) is 110 cm³/mol. The van der Waals surface area contributed by atoms with Crippen LogP contribution in [0.2, 0.25) is 0 Å². The van der Waals surface area contributed by atoms with E-state index in [4.69, 9.17) is 14.2 Å². The molecule has 0 radical (unpaired) electrons. The van der Waals surface area contributed by atoms with E-state index in [1.165, 1.54) is 0 Å². The summed E-state index contributed by atoms with van der Waals surface area (Å²) in [4.78, 5) is 14.6. The van der Waals surface area contributed by atoms with E-state index in [1.807, 2.05) is 18.2 Å². The van der Waals surface area contributed by atoms with Gasteiger partial charge in [0.25, 0.3) is 0 Å². The zero-order chi connectivity index (χ0) is 19.9. The molecule has 6 nitrogen and oxygen atoms in total. The van der Waals surface area contributed by atoms with Gasteiger partial charge < -0.3 is 19.1 Å². The number of hydrogen-bond acceptors (Lipinski definition) is 5. The van der Waals surface area contributed by atoms with Gasteiger partial charge in [-0.2, -0.15) is 0 Å². The van der Waals surface area contributed by atoms with Crippen molar-refractivity contribution >= 4 is 11.8 Å². The number of ether oxygens (including phenoxy) is 3. The number of likely N-dealkylation sites (N-methyl/N-ethyl adjacent to an activating group) is 1.